The lowest BCUT2D eigenvalue weighted by atomic mass is 10.2. The first-order valence-electron chi connectivity index (χ1n) is 9.40. The molecule has 3 rings (SSSR count). The lowest BCUT2D eigenvalue weighted by molar-refractivity contribution is -0.118. The summed E-state index contributed by atoms with van der Waals surface area (Å²) in [5.41, 5.74) is 0.766. The number of benzene rings is 1. The predicted octanol–water partition coefficient (Wildman–Crippen LogP) is 2.72. The summed E-state index contributed by atoms with van der Waals surface area (Å²) in [5.74, 6) is -1.29. The van der Waals surface area contributed by atoms with Crippen molar-refractivity contribution in [2.24, 2.45) is 0 Å². The largest absolute Gasteiger partial charge is 0.338 e. The number of pyridine rings is 1. The van der Waals surface area contributed by atoms with Gasteiger partial charge in [-0.2, -0.15) is 0 Å². The first-order valence-corrected chi connectivity index (χ1v) is 12.6. The van der Waals surface area contributed by atoms with Crippen molar-refractivity contribution in [2.45, 2.75) is 18.2 Å². The van der Waals surface area contributed by atoms with Crippen LogP contribution in [0.4, 0.5) is 5.69 Å². The van der Waals surface area contributed by atoms with Gasteiger partial charge in [-0.05, 0) is 49.4 Å². The molecule has 2 N–H and O–H groups in total. The fraction of sp³-hybridized carbons (Fsp3) is 0.190. The highest BCUT2D eigenvalue weighted by Gasteiger charge is 2.33. The van der Waals surface area contributed by atoms with Crippen molar-refractivity contribution >= 4 is 50.3 Å². The topological polar surface area (TPSA) is 114 Å². The Morgan fingerprint density at radius 1 is 1.06 bits per heavy atom. The highest BCUT2D eigenvalue weighted by Crippen LogP contribution is 2.22. The Bertz CT molecular complexity index is 1300. The summed E-state index contributed by atoms with van der Waals surface area (Å²) >= 11 is 6.87. The number of amides is 2. The Hall–Kier alpha value is -2.95. The van der Waals surface area contributed by atoms with E-state index in [1.54, 1.807) is 42.6 Å². The third-order valence-electron chi connectivity index (χ3n) is 4.75. The van der Waals surface area contributed by atoms with Crippen molar-refractivity contribution in [1.29, 1.82) is 0 Å². The van der Waals surface area contributed by atoms with Gasteiger partial charge in [0.15, 0.2) is 9.84 Å². The normalized spacial score (nSPS) is 13.2. The molecule has 1 aromatic carbocycles. The van der Waals surface area contributed by atoms with E-state index in [0.717, 1.165) is 17.6 Å². The number of carbonyl (C=O) groups excluding carboxylic acids is 2. The molecule has 0 aliphatic rings. The summed E-state index contributed by atoms with van der Waals surface area (Å²) in [6.07, 6.45) is 2.62. The van der Waals surface area contributed by atoms with E-state index in [1.165, 1.54) is 29.7 Å². The molecule has 2 atom stereocenters. The van der Waals surface area contributed by atoms with E-state index in [-0.39, 0.29) is 10.4 Å². The molecule has 3 aromatic rings. The maximum Gasteiger partial charge on any atom is 0.262 e. The maximum atomic E-state index is 12.9. The van der Waals surface area contributed by atoms with Crippen LogP contribution in [-0.2, 0) is 14.6 Å². The monoisotopic (exact) mass is 493 g/mol. The van der Waals surface area contributed by atoms with Crippen molar-refractivity contribution in [2.75, 3.05) is 11.6 Å². The molecule has 0 radical (unpaired) electrons. The van der Waals surface area contributed by atoms with Gasteiger partial charge in [0.25, 0.3) is 11.5 Å². The summed E-state index contributed by atoms with van der Waals surface area (Å²) in [5, 5.41) is 3.94. The van der Waals surface area contributed by atoms with Crippen molar-refractivity contribution in [3.63, 3.8) is 0 Å². The molecule has 0 aliphatic heterocycles. The molecular weight excluding hydrogens is 474 g/mol. The summed E-state index contributed by atoms with van der Waals surface area (Å²) in [7, 11) is -3.65. The number of nitrogens with zero attached hydrogens (tertiary/aromatic N) is 1. The van der Waals surface area contributed by atoms with Gasteiger partial charge in [0.05, 0.1) is 14.5 Å². The standard InChI is InChI=1S/C21H20ClN3O5S2/c1-13(32(2,29)30)19(24-20(27)16-10-11-17(22)31-16)21(28)23-14-6-8-15(9-7-14)25-12-4-3-5-18(25)26/h3-13,19H,1-2H3,(H,23,28)(H,24,27). The number of carbonyl (C=O) groups is 2. The van der Waals surface area contributed by atoms with Gasteiger partial charge in [-0.15, -0.1) is 11.3 Å². The zero-order valence-electron chi connectivity index (χ0n) is 17.1. The maximum absolute atomic E-state index is 12.9. The molecule has 2 amide bonds. The number of thiophene rings is 1. The average molecular weight is 494 g/mol. The summed E-state index contributed by atoms with van der Waals surface area (Å²) in [6.45, 7) is 1.35. The lowest BCUT2D eigenvalue weighted by Gasteiger charge is -2.23. The Labute approximate surface area is 193 Å². The smallest absolute Gasteiger partial charge is 0.262 e. The zero-order chi connectivity index (χ0) is 23.5. The fourth-order valence-electron chi connectivity index (χ4n) is 2.86. The van der Waals surface area contributed by atoms with Crippen LogP contribution >= 0.6 is 22.9 Å². The Kier molecular flexibility index (Phi) is 7.17. The number of anilines is 1. The SMILES string of the molecule is CC(C(NC(=O)c1ccc(Cl)s1)C(=O)Nc1ccc(-n2ccccc2=O)cc1)S(C)(=O)=O. The molecule has 0 fully saturated rings. The highest BCUT2D eigenvalue weighted by molar-refractivity contribution is 7.91. The second-order valence-electron chi connectivity index (χ2n) is 7.03. The molecule has 2 heterocycles. The van der Waals surface area contributed by atoms with Crippen LogP contribution < -0.4 is 16.2 Å². The van der Waals surface area contributed by atoms with Gasteiger partial charge in [-0.25, -0.2) is 8.42 Å². The van der Waals surface area contributed by atoms with Crippen LogP contribution in [0.25, 0.3) is 5.69 Å². The lowest BCUT2D eigenvalue weighted by Crippen LogP contribution is -2.52. The molecule has 2 unspecified atom stereocenters. The van der Waals surface area contributed by atoms with Gasteiger partial charge in [0.2, 0.25) is 5.91 Å². The van der Waals surface area contributed by atoms with Crippen molar-refractivity contribution in [3.05, 3.63) is 80.4 Å². The third-order valence-corrected chi connectivity index (χ3v) is 7.60. The van der Waals surface area contributed by atoms with Crippen molar-refractivity contribution < 1.29 is 18.0 Å². The van der Waals surface area contributed by atoms with E-state index in [0.29, 0.717) is 15.7 Å². The van der Waals surface area contributed by atoms with E-state index in [4.69, 9.17) is 11.6 Å². The summed E-state index contributed by atoms with van der Waals surface area (Å²) < 4.78 is 26.0. The second-order valence-corrected chi connectivity index (χ2v) is 11.2. The van der Waals surface area contributed by atoms with E-state index >= 15 is 0 Å². The van der Waals surface area contributed by atoms with Crippen LogP contribution in [0.1, 0.15) is 16.6 Å². The molecule has 0 saturated carbocycles. The number of halogens is 1. The van der Waals surface area contributed by atoms with Crippen molar-refractivity contribution in [3.8, 4) is 5.69 Å². The number of hydrogen-bond acceptors (Lipinski definition) is 6. The molecule has 0 spiro atoms. The molecule has 0 aliphatic carbocycles. The van der Waals surface area contributed by atoms with E-state index < -0.39 is 32.9 Å². The molecular formula is C21H20ClN3O5S2. The average Bonchev–Trinajstić information content (AvgIpc) is 3.18. The van der Waals surface area contributed by atoms with Crippen LogP contribution in [0.2, 0.25) is 4.34 Å². The quantitative estimate of drug-likeness (QED) is 0.525. The Balaban J connectivity index is 1.81. The van der Waals surface area contributed by atoms with Crippen LogP contribution in [0, 0.1) is 0 Å². The summed E-state index contributed by atoms with van der Waals surface area (Å²) in [4.78, 5) is 37.6. The molecule has 32 heavy (non-hydrogen) atoms. The predicted molar refractivity (Wildman–Crippen MR) is 126 cm³/mol. The molecule has 11 heteroatoms. The minimum absolute atomic E-state index is 0.206. The number of nitrogens with one attached hydrogen (secondary N) is 2. The molecule has 0 bridgehead atoms. The Morgan fingerprint density at radius 3 is 2.31 bits per heavy atom. The van der Waals surface area contributed by atoms with Crippen LogP contribution in [0.5, 0.6) is 0 Å². The third kappa shape index (κ3) is 5.64. The molecule has 0 saturated heterocycles. The number of sulfone groups is 1. The molecule has 2 aromatic heterocycles. The van der Waals surface area contributed by atoms with Gasteiger partial charge in [0, 0.05) is 29.9 Å². The fourth-order valence-corrected chi connectivity index (χ4v) is 4.49. The number of hydrogen-bond donors (Lipinski definition) is 2. The van der Waals surface area contributed by atoms with Gasteiger partial charge in [-0.3, -0.25) is 19.0 Å². The van der Waals surface area contributed by atoms with Gasteiger partial charge in [-0.1, -0.05) is 17.7 Å². The van der Waals surface area contributed by atoms with E-state index in [1.807, 2.05) is 0 Å². The molecule has 168 valence electrons. The minimum atomic E-state index is -3.65. The number of aromatic nitrogens is 1. The first kappa shape index (κ1) is 23.7. The van der Waals surface area contributed by atoms with Crippen molar-refractivity contribution in [1.82, 2.24) is 9.88 Å². The minimum Gasteiger partial charge on any atom is -0.338 e. The van der Waals surface area contributed by atoms with Crippen LogP contribution in [-0.4, -0.2) is 42.3 Å². The highest BCUT2D eigenvalue weighted by atomic mass is 35.5. The number of rotatable bonds is 7. The summed E-state index contributed by atoms with van der Waals surface area (Å²) in [6, 6.07) is 12.9. The van der Waals surface area contributed by atoms with Gasteiger partial charge < -0.3 is 10.6 Å². The first-order chi connectivity index (χ1) is 15.1. The van der Waals surface area contributed by atoms with Crippen LogP contribution in [0.15, 0.2) is 65.6 Å². The Morgan fingerprint density at radius 2 is 1.75 bits per heavy atom. The zero-order valence-corrected chi connectivity index (χ0v) is 19.5. The molecule has 8 nitrogen and oxygen atoms in total. The second kappa shape index (κ2) is 9.68. The van der Waals surface area contributed by atoms with E-state index in [2.05, 4.69) is 10.6 Å². The van der Waals surface area contributed by atoms with E-state index in [9.17, 15) is 22.8 Å². The van der Waals surface area contributed by atoms with Crippen LogP contribution in [0.3, 0.4) is 0 Å². The van der Waals surface area contributed by atoms with Gasteiger partial charge >= 0.3 is 0 Å². The van der Waals surface area contributed by atoms with Gasteiger partial charge in [0.1, 0.15) is 6.04 Å².